The maximum atomic E-state index is 10.7. The van der Waals surface area contributed by atoms with E-state index in [0.717, 1.165) is 6.20 Å². The van der Waals surface area contributed by atoms with Gasteiger partial charge in [-0.2, -0.15) is 0 Å². The van der Waals surface area contributed by atoms with E-state index in [1.807, 2.05) is 0 Å². The molecule has 0 spiro atoms. The van der Waals surface area contributed by atoms with Crippen LogP contribution >= 0.6 is 0 Å². The number of hydrogen-bond donors (Lipinski definition) is 1. The van der Waals surface area contributed by atoms with Gasteiger partial charge in [-0.05, 0) is 0 Å². The molecule has 0 aliphatic carbocycles. The van der Waals surface area contributed by atoms with Gasteiger partial charge in [0.2, 0.25) is 5.76 Å². The first kappa shape index (κ1) is 8.36. The molecule has 0 atom stereocenters. The summed E-state index contributed by atoms with van der Waals surface area (Å²) in [4.78, 5) is 18.4. The molecule has 0 radical (unpaired) electrons. The van der Waals surface area contributed by atoms with Crippen molar-refractivity contribution >= 4 is 5.97 Å². The Morgan fingerprint density at radius 2 is 2.21 bits per heavy atom. The van der Waals surface area contributed by atoms with Crippen LogP contribution in [0.3, 0.4) is 0 Å². The Kier molecular flexibility index (Phi) is 1.94. The van der Waals surface area contributed by atoms with Crippen LogP contribution in [0.5, 0.6) is 0 Å². The van der Waals surface area contributed by atoms with Crippen LogP contribution < -0.4 is 0 Å². The molecule has 1 N–H and O–H groups in total. The summed E-state index contributed by atoms with van der Waals surface area (Å²) in [5, 5.41) is 12.2. The molecule has 0 aromatic carbocycles. The summed E-state index contributed by atoms with van der Waals surface area (Å²) in [5.74, 6) is -0.988. The van der Waals surface area contributed by atoms with Gasteiger partial charge in [0.1, 0.15) is 11.3 Å². The van der Waals surface area contributed by atoms with Gasteiger partial charge in [-0.1, -0.05) is 5.16 Å². The van der Waals surface area contributed by atoms with Crippen molar-refractivity contribution in [2.75, 3.05) is 0 Å². The molecule has 2 rings (SSSR count). The van der Waals surface area contributed by atoms with Gasteiger partial charge < -0.3 is 9.63 Å². The number of aromatic nitrogens is 3. The molecule has 0 saturated heterocycles. The van der Waals surface area contributed by atoms with Crippen LogP contribution in [-0.2, 0) is 0 Å². The summed E-state index contributed by atoms with van der Waals surface area (Å²) in [5.41, 5.74) is 0.327. The number of carboxylic acid groups (broad SMARTS) is 1. The monoisotopic (exact) mass is 191 g/mol. The Bertz CT molecular complexity index is 452. The van der Waals surface area contributed by atoms with Gasteiger partial charge in [-0.15, -0.1) is 0 Å². The molecule has 2 aromatic rings. The molecule has 6 heteroatoms. The number of carboxylic acids is 1. The summed E-state index contributed by atoms with van der Waals surface area (Å²) in [6, 6.07) is 0. The fourth-order valence-electron chi connectivity index (χ4n) is 0.993. The molecule has 0 amide bonds. The van der Waals surface area contributed by atoms with Gasteiger partial charge in [0.05, 0.1) is 12.4 Å². The largest absolute Gasteiger partial charge is 0.477 e. The van der Waals surface area contributed by atoms with Crippen LogP contribution in [0.15, 0.2) is 29.3 Å². The fourth-order valence-corrected chi connectivity index (χ4v) is 0.993. The predicted molar refractivity (Wildman–Crippen MR) is 44.5 cm³/mol. The third-order valence-electron chi connectivity index (χ3n) is 1.60. The maximum Gasteiger partial charge on any atom is 0.341 e. The summed E-state index contributed by atoms with van der Waals surface area (Å²) < 4.78 is 4.78. The number of hydrogen-bond acceptors (Lipinski definition) is 5. The smallest absolute Gasteiger partial charge is 0.341 e. The Morgan fingerprint density at radius 3 is 2.86 bits per heavy atom. The summed E-state index contributed by atoms with van der Waals surface area (Å²) >= 11 is 0. The summed E-state index contributed by atoms with van der Waals surface area (Å²) in [6.07, 6.45) is 5.48. The molecule has 14 heavy (non-hydrogen) atoms. The van der Waals surface area contributed by atoms with Gasteiger partial charge in [0.25, 0.3) is 0 Å². The van der Waals surface area contributed by atoms with Gasteiger partial charge >= 0.3 is 5.97 Å². The second-order valence-corrected chi connectivity index (χ2v) is 2.46. The zero-order valence-electron chi connectivity index (χ0n) is 6.91. The van der Waals surface area contributed by atoms with Crippen molar-refractivity contribution in [3.8, 4) is 11.5 Å². The molecule has 0 unspecified atom stereocenters. The van der Waals surface area contributed by atoms with Crippen molar-refractivity contribution in [3.05, 3.63) is 30.4 Å². The summed E-state index contributed by atoms with van der Waals surface area (Å²) in [6.45, 7) is 0. The Hall–Kier alpha value is -2.24. The lowest BCUT2D eigenvalue weighted by Gasteiger charge is -1.93. The van der Waals surface area contributed by atoms with Crippen LogP contribution in [0.2, 0.25) is 0 Å². The maximum absolute atomic E-state index is 10.7. The van der Waals surface area contributed by atoms with Crippen molar-refractivity contribution < 1.29 is 14.4 Å². The highest BCUT2D eigenvalue weighted by Crippen LogP contribution is 2.19. The molecule has 2 heterocycles. The van der Waals surface area contributed by atoms with Crippen molar-refractivity contribution in [1.29, 1.82) is 0 Å². The molecule has 0 aliphatic heterocycles. The Balaban J connectivity index is 2.52. The average Bonchev–Trinajstić information content (AvgIpc) is 2.67. The minimum absolute atomic E-state index is 0.0227. The third kappa shape index (κ3) is 1.33. The van der Waals surface area contributed by atoms with E-state index in [2.05, 4.69) is 15.1 Å². The molecule has 0 bridgehead atoms. The number of carbonyl (C=O) groups is 1. The second kappa shape index (κ2) is 3.25. The highest BCUT2D eigenvalue weighted by atomic mass is 16.5. The highest BCUT2D eigenvalue weighted by molar-refractivity contribution is 5.93. The first-order valence-corrected chi connectivity index (χ1v) is 3.73. The first-order valence-electron chi connectivity index (χ1n) is 3.73. The second-order valence-electron chi connectivity index (χ2n) is 2.46. The van der Waals surface area contributed by atoms with E-state index in [1.54, 1.807) is 0 Å². The average molecular weight is 191 g/mol. The molecular weight excluding hydrogens is 186 g/mol. The van der Waals surface area contributed by atoms with Crippen LogP contribution in [-0.4, -0.2) is 26.2 Å². The molecule has 70 valence electrons. The van der Waals surface area contributed by atoms with Crippen LogP contribution in [0, 0.1) is 0 Å². The van der Waals surface area contributed by atoms with Crippen molar-refractivity contribution in [2.24, 2.45) is 0 Å². The lowest BCUT2D eigenvalue weighted by Crippen LogP contribution is -1.96. The predicted octanol–water partition coefficient (Wildman–Crippen LogP) is 0.830. The zero-order chi connectivity index (χ0) is 9.97. The summed E-state index contributed by atoms with van der Waals surface area (Å²) in [7, 11) is 0. The van der Waals surface area contributed by atoms with E-state index in [9.17, 15) is 4.79 Å². The van der Waals surface area contributed by atoms with E-state index in [1.165, 1.54) is 18.6 Å². The topological polar surface area (TPSA) is 89.1 Å². The van der Waals surface area contributed by atoms with Gasteiger partial charge in [0, 0.05) is 12.4 Å². The molecule has 0 saturated carbocycles. The normalized spacial score (nSPS) is 10.0. The fraction of sp³-hybridized carbons (Fsp3) is 0. The van der Waals surface area contributed by atoms with Crippen LogP contribution in [0.1, 0.15) is 10.4 Å². The van der Waals surface area contributed by atoms with Crippen LogP contribution in [0.4, 0.5) is 0 Å². The number of aromatic carboxylic acids is 1. The third-order valence-corrected chi connectivity index (χ3v) is 1.60. The first-order chi connectivity index (χ1) is 6.79. The lowest BCUT2D eigenvalue weighted by atomic mass is 10.2. The van der Waals surface area contributed by atoms with E-state index >= 15 is 0 Å². The van der Waals surface area contributed by atoms with Gasteiger partial charge in [-0.25, -0.2) is 9.78 Å². The molecule has 6 nitrogen and oxygen atoms in total. The van der Waals surface area contributed by atoms with E-state index in [-0.39, 0.29) is 11.3 Å². The Labute approximate surface area is 78.2 Å². The quantitative estimate of drug-likeness (QED) is 0.756. The van der Waals surface area contributed by atoms with E-state index in [0.29, 0.717) is 5.69 Å². The number of rotatable bonds is 2. The van der Waals surface area contributed by atoms with Crippen molar-refractivity contribution in [3.63, 3.8) is 0 Å². The van der Waals surface area contributed by atoms with Crippen molar-refractivity contribution in [2.45, 2.75) is 0 Å². The Morgan fingerprint density at radius 1 is 1.36 bits per heavy atom. The minimum atomic E-state index is -1.10. The molecule has 2 aromatic heterocycles. The van der Waals surface area contributed by atoms with Gasteiger partial charge in [-0.3, -0.25) is 4.98 Å². The van der Waals surface area contributed by atoms with Crippen molar-refractivity contribution in [1.82, 2.24) is 15.1 Å². The molecular formula is C8H5N3O3. The molecule has 0 aliphatic rings. The highest BCUT2D eigenvalue weighted by Gasteiger charge is 2.17. The van der Waals surface area contributed by atoms with E-state index in [4.69, 9.17) is 9.63 Å². The zero-order valence-corrected chi connectivity index (χ0v) is 6.91. The van der Waals surface area contributed by atoms with Gasteiger partial charge in [0.15, 0.2) is 0 Å². The van der Waals surface area contributed by atoms with E-state index < -0.39 is 5.97 Å². The van der Waals surface area contributed by atoms with Crippen LogP contribution in [0.25, 0.3) is 11.5 Å². The number of nitrogens with zero attached hydrogens (tertiary/aromatic N) is 3. The standard InChI is InChI=1S/C8H5N3O3/c12-8(13)5-3-11-14-7(5)6-4-9-1-2-10-6/h1-4H,(H,12,13). The molecule has 0 fully saturated rings. The minimum Gasteiger partial charge on any atom is -0.477 e. The lowest BCUT2D eigenvalue weighted by molar-refractivity contribution is 0.0697. The SMILES string of the molecule is O=C(O)c1cnoc1-c1cnccn1.